The van der Waals surface area contributed by atoms with Crippen LogP contribution in [0.4, 0.5) is 8.78 Å². The topological polar surface area (TPSA) is 74.6 Å². The molecule has 0 bridgehead atoms. The van der Waals surface area contributed by atoms with Gasteiger partial charge in [-0.25, -0.2) is 13.6 Å². The second kappa shape index (κ2) is 6.20. The van der Waals surface area contributed by atoms with Crippen LogP contribution in [-0.4, -0.2) is 22.5 Å². The molecule has 1 atom stereocenters. The smallest absolute Gasteiger partial charge is 0.337 e. The van der Waals surface area contributed by atoms with Crippen LogP contribution in [0.2, 0.25) is 0 Å². The lowest BCUT2D eigenvalue weighted by Gasteiger charge is -2.11. The van der Waals surface area contributed by atoms with Gasteiger partial charge < -0.3 is 15.0 Å². The van der Waals surface area contributed by atoms with E-state index in [2.05, 4.69) is 0 Å². The van der Waals surface area contributed by atoms with Gasteiger partial charge in [0, 0.05) is 12.0 Å². The number of aliphatic hydroxyl groups excluding tert-OH is 1. The molecule has 0 saturated carbocycles. The standard InChI is InChI=1S/C12H12F2O4/c13-11(14)9-5-7(2-1-3-15)4-8(6-9)10(16)12(17)18/h3-6,10-11,16H,1-2H2,(H,17,18). The zero-order valence-electron chi connectivity index (χ0n) is 9.35. The molecule has 1 unspecified atom stereocenters. The molecule has 0 radical (unpaired) electrons. The van der Waals surface area contributed by atoms with Crippen molar-refractivity contribution in [1.29, 1.82) is 0 Å². The number of carbonyl (C=O) groups excluding carboxylic acids is 1. The molecule has 0 aromatic heterocycles. The minimum absolute atomic E-state index is 0.110. The Kier molecular flexibility index (Phi) is 4.91. The molecule has 0 aliphatic heterocycles. The van der Waals surface area contributed by atoms with E-state index in [0.717, 1.165) is 6.07 Å². The van der Waals surface area contributed by atoms with Crippen molar-refractivity contribution in [3.63, 3.8) is 0 Å². The van der Waals surface area contributed by atoms with Crippen LogP contribution in [0.25, 0.3) is 0 Å². The molecular formula is C12H12F2O4. The highest BCUT2D eigenvalue weighted by Crippen LogP contribution is 2.25. The van der Waals surface area contributed by atoms with Crippen molar-refractivity contribution >= 4 is 12.3 Å². The summed E-state index contributed by atoms with van der Waals surface area (Å²) in [7, 11) is 0. The van der Waals surface area contributed by atoms with Crippen molar-refractivity contribution in [1.82, 2.24) is 0 Å². The summed E-state index contributed by atoms with van der Waals surface area (Å²) in [5.41, 5.74) is -0.0786. The fourth-order valence-electron chi connectivity index (χ4n) is 1.54. The Hall–Kier alpha value is -1.82. The van der Waals surface area contributed by atoms with Gasteiger partial charge in [0.1, 0.15) is 6.29 Å². The fraction of sp³-hybridized carbons (Fsp3) is 0.333. The van der Waals surface area contributed by atoms with Gasteiger partial charge in [0.2, 0.25) is 0 Å². The molecular weight excluding hydrogens is 246 g/mol. The molecule has 4 nitrogen and oxygen atoms in total. The first-order chi connectivity index (χ1) is 8.45. The lowest BCUT2D eigenvalue weighted by molar-refractivity contribution is -0.147. The molecule has 0 aliphatic rings. The average Bonchev–Trinajstić information content (AvgIpc) is 2.34. The van der Waals surface area contributed by atoms with Gasteiger partial charge in [0.25, 0.3) is 6.43 Å². The summed E-state index contributed by atoms with van der Waals surface area (Å²) in [6.45, 7) is 0. The summed E-state index contributed by atoms with van der Waals surface area (Å²) in [5, 5.41) is 18.0. The van der Waals surface area contributed by atoms with Crippen LogP contribution in [0.5, 0.6) is 0 Å². The highest BCUT2D eigenvalue weighted by atomic mass is 19.3. The second-order valence-corrected chi connectivity index (χ2v) is 3.75. The van der Waals surface area contributed by atoms with Gasteiger partial charge in [-0.2, -0.15) is 0 Å². The second-order valence-electron chi connectivity index (χ2n) is 3.75. The molecule has 1 rings (SSSR count). The predicted octanol–water partition coefficient (Wildman–Crippen LogP) is 1.87. The van der Waals surface area contributed by atoms with E-state index in [4.69, 9.17) is 5.11 Å². The molecule has 0 amide bonds. The van der Waals surface area contributed by atoms with E-state index in [-0.39, 0.29) is 24.0 Å². The number of rotatable bonds is 6. The number of hydrogen-bond donors (Lipinski definition) is 2. The lowest BCUT2D eigenvalue weighted by atomic mass is 9.99. The third-order valence-electron chi connectivity index (χ3n) is 2.39. The molecule has 1 aromatic rings. The van der Waals surface area contributed by atoms with E-state index in [1.54, 1.807) is 0 Å². The minimum atomic E-state index is -2.76. The third kappa shape index (κ3) is 3.59. The number of aryl methyl sites for hydroxylation is 1. The van der Waals surface area contributed by atoms with Crippen molar-refractivity contribution in [3.05, 3.63) is 34.9 Å². The summed E-state index contributed by atoms with van der Waals surface area (Å²) in [6, 6.07) is 3.47. The molecule has 0 spiro atoms. The van der Waals surface area contributed by atoms with E-state index >= 15 is 0 Å². The van der Waals surface area contributed by atoms with Gasteiger partial charge in [-0.05, 0) is 23.6 Å². The maximum absolute atomic E-state index is 12.6. The summed E-state index contributed by atoms with van der Waals surface area (Å²) in [4.78, 5) is 20.8. The number of aliphatic carboxylic acids is 1. The predicted molar refractivity (Wildman–Crippen MR) is 58.4 cm³/mol. The number of halogens is 2. The first kappa shape index (κ1) is 14.2. The number of hydrogen-bond acceptors (Lipinski definition) is 3. The monoisotopic (exact) mass is 258 g/mol. The van der Waals surface area contributed by atoms with E-state index in [0.29, 0.717) is 11.8 Å². The van der Waals surface area contributed by atoms with Crippen molar-refractivity contribution in [2.45, 2.75) is 25.4 Å². The van der Waals surface area contributed by atoms with Crippen LogP contribution in [0.15, 0.2) is 18.2 Å². The van der Waals surface area contributed by atoms with E-state index < -0.39 is 18.5 Å². The van der Waals surface area contributed by atoms with Crippen LogP contribution in [0.1, 0.15) is 35.6 Å². The quantitative estimate of drug-likeness (QED) is 0.764. The van der Waals surface area contributed by atoms with Gasteiger partial charge in [-0.1, -0.05) is 12.1 Å². The Balaban J connectivity index is 3.12. The summed E-state index contributed by atoms with van der Waals surface area (Å²) < 4.78 is 25.2. The molecule has 0 saturated heterocycles. The number of aldehydes is 1. The summed E-state index contributed by atoms with van der Waals surface area (Å²) >= 11 is 0. The van der Waals surface area contributed by atoms with Crippen LogP contribution in [-0.2, 0) is 16.0 Å². The third-order valence-corrected chi connectivity index (χ3v) is 2.39. The van der Waals surface area contributed by atoms with Crippen molar-refractivity contribution in [3.8, 4) is 0 Å². The van der Waals surface area contributed by atoms with E-state index in [9.17, 15) is 23.5 Å². The molecule has 1 aromatic carbocycles. The summed E-state index contributed by atoms with van der Waals surface area (Å²) in [5.74, 6) is -1.51. The van der Waals surface area contributed by atoms with Crippen molar-refractivity contribution < 1.29 is 28.6 Å². The Labute approximate surface area is 102 Å². The molecule has 18 heavy (non-hydrogen) atoms. The Bertz CT molecular complexity index is 446. The number of carboxylic acid groups (broad SMARTS) is 1. The van der Waals surface area contributed by atoms with Gasteiger partial charge >= 0.3 is 5.97 Å². The first-order valence-corrected chi connectivity index (χ1v) is 5.22. The molecule has 98 valence electrons. The maximum atomic E-state index is 12.6. The Morgan fingerprint density at radius 2 is 1.89 bits per heavy atom. The van der Waals surface area contributed by atoms with Crippen LogP contribution < -0.4 is 0 Å². The highest BCUT2D eigenvalue weighted by Gasteiger charge is 2.19. The molecule has 0 fully saturated rings. The molecule has 0 aliphatic carbocycles. The van der Waals surface area contributed by atoms with Crippen LogP contribution in [0, 0.1) is 0 Å². The van der Waals surface area contributed by atoms with Crippen molar-refractivity contribution in [2.75, 3.05) is 0 Å². The largest absolute Gasteiger partial charge is 0.479 e. The SMILES string of the molecule is O=CCCc1cc(C(F)F)cc(C(O)C(=O)O)c1. The molecule has 6 heteroatoms. The van der Waals surface area contributed by atoms with Gasteiger partial charge in [0.15, 0.2) is 6.10 Å². The Morgan fingerprint density at radius 3 is 2.39 bits per heavy atom. The van der Waals surface area contributed by atoms with Crippen molar-refractivity contribution in [2.24, 2.45) is 0 Å². The fourth-order valence-corrected chi connectivity index (χ4v) is 1.54. The van der Waals surface area contributed by atoms with E-state index in [1.807, 2.05) is 0 Å². The number of benzene rings is 1. The first-order valence-electron chi connectivity index (χ1n) is 5.22. The lowest BCUT2D eigenvalue weighted by Crippen LogP contribution is -2.11. The number of alkyl halides is 2. The zero-order valence-corrected chi connectivity index (χ0v) is 9.35. The number of carboxylic acids is 1. The summed E-state index contributed by atoms with van der Waals surface area (Å²) in [6.07, 6.45) is -3.60. The number of carbonyl (C=O) groups is 2. The number of aliphatic hydroxyl groups is 1. The van der Waals surface area contributed by atoms with Crippen LogP contribution >= 0.6 is 0 Å². The van der Waals surface area contributed by atoms with Gasteiger partial charge in [-0.15, -0.1) is 0 Å². The average molecular weight is 258 g/mol. The maximum Gasteiger partial charge on any atom is 0.337 e. The minimum Gasteiger partial charge on any atom is -0.479 e. The highest BCUT2D eigenvalue weighted by molar-refractivity contribution is 5.74. The molecule has 0 heterocycles. The van der Waals surface area contributed by atoms with E-state index in [1.165, 1.54) is 12.1 Å². The van der Waals surface area contributed by atoms with Crippen LogP contribution in [0.3, 0.4) is 0 Å². The zero-order chi connectivity index (χ0) is 13.7. The normalized spacial score (nSPS) is 12.4. The molecule has 2 N–H and O–H groups in total. The Morgan fingerprint density at radius 1 is 1.28 bits per heavy atom. The van der Waals surface area contributed by atoms with Gasteiger partial charge in [-0.3, -0.25) is 0 Å². The van der Waals surface area contributed by atoms with Gasteiger partial charge in [0.05, 0.1) is 0 Å².